The maximum absolute atomic E-state index is 8.29. The predicted molar refractivity (Wildman–Crippen MR) is 50.6 cm³/mol. The van der Waals surface area contributed by atoms with Crippen molar-refractivity contribution in [3.8, 4) is 0 Å². The molecular formula is C9H9N3O. The molecule has 0 aliphatic rings. The lowest BCUT2D eigenvalue weighted by atomic mass is 10.2. The van der Waals surface area contributed by atoms with Crippen LogP contribution in [0.25, 0.3) is 16.1 Å². The van der Waals surface area contributed by atoms with E-state index in [2.05, 4.69) is 10.0 Å². The highest BCUT2D eigenvalue weighted by atomic mass is 16.5. The summed E-state index contributed by atoms with van der Waals surface area (Å²) in [5.41, 5.74) is 9.60. The summed E-state index contributed by atoms with van der Waals surface area (Å²) >= 11 is 0. The number of benzene rings is 1. The Labute approximate surface area is 76.1 Å². The van der Waals surface area contributed by atoms with Crippen molar-refractivity contribution in [3.05, 3.63) is 52.6 Å². The Morgan fingerprint density at radius 3 is 2.69 bits per heavy atom. The lowest BCUT2D eigenvalue weighted by molar-refractivity contribution is 0.339. The van der Waals surface area contributed by atoms with Gasteiger partial charge in [0.2, 0.25) is 0 Å². The number of rotatable bonds is 3. The first kappa shape index (κ1) is 9.16. The van der Waals surface area contributed by atoms with Crippen LogP contribution in [0.3, 0.4) is 0 Å². The zero-order valence-electron chi connectivity index (χ0n) is 7.21. The molecule has 0 N–H and O–H groups in total. The minimum atomic E-state index is 0.477. The third-order valence-electron chi connectivity index (χ3n) is 1.45. The summed E-state index contributed by atoms with van der Waals surface area (Å²) in [6, 6.07) is 9.32. The average Bonchev–Trinajstić information content (AvgIpc) is 2.19. The van der Waals surface area contributed by atoms with Gasteiger partial charge in [-0.05, 0) is 11.1 Å². The first-order valence-corrected chi connectivity index (χ1v) is 3.72. The zero-order valence-corrected chi connectivity index (χ0v) is 7.21. The zero-order chi connectivity index (χ0) is 9.52. The molecule has 0 aromatic heterocycles. The van der Waals surface area contributed by atoms with Crippen LogP contribution in [-0.2, 0) is 4.74 Å². The van der Waals surface area contributed by atoms with Gasteiger partial charge in [-0.15, -0.1) is 0 Å². The van der Waals surface area contributed by atoms with Gasteiger partial charge in [-0.25, -0.2) is 0 Å². The topological polar surface area (TPSA) is 58.0 Å². The smallest absolute Gasteiger partial charge is 0.0926 e. The van der Waals surface area contributed by atoms with Crippen molar-refractivity contribution in [2.45, 2.75) is 0 Å². The van der Waals surface area contributed by atoms with Gasteiger partial charge in [0.05, 0.1) is 19.1 Å². The number of methoxy groups -OCH3 is 1. The van der Waals surface area contributed by atoms with E-state index in [4.69, 9.17) is 10.3 Å². The maximum atomic E-state index is 8.29. The number of nitrogens with zero attached hydrogens (tertiary/aromatic N) is 3. The van der Waals surface area contributed by atoms with E-state index in [1.165, 1.54) is 13.4 Å². The van der Waals surface area contributed by atoms with Crippen LogP contribution < -0.4 is 0 Å². The molecule has 4 nitrogen and oxygen atoms in total. The molecule has 13 heavy (non-hydrogen) atoms. The molecule has 0 saturated carbocycles. The quantitative estimate of drug-likeness (QED) is 0.301. The molecule has 1 aromatic carbocycles. The molecule has 0 radical (unpaired) electrons. The normalized spacial score (nSPS) is 10.4. The molecule has 0 saturated heterocycles. The van der Waals surface area contributed by atoms with Crippen molar-refractivity contribution < 1.29 is 4.74 Å². The summed E-state index contributed by atoms with van der Waals surface area (Å²) in [7, 11) is 1.51. The minimum Gasteiger partial charge on any atom is -0.504 e. The Morgan fingerprint density at radius 1 is 1.46 bits per heavy atom. The van der Waals surface area contributed by atoms with Crippen LogP contribution in [0.4, 0.5) is 0 Å². The highest BCUT2D eigenvalue weighted by Crippen LogP contribution is 2.14. The van der Waals surface area contributed by atoms with E-state index < -0.39 is 0 Å². The van der Waals surface area contributed by atoms with Gasteiger partial charge in [0.15, 0.2) is 0 Å². The van der Waals surface area contributed by atoms with Gasteiger partial charge in [0.1, 0.15) is 0 Å². The van der Waals surface area contributed by atoms with Gasteiger partial charge in [-0.2, -0.15) is 0 Å². The second kappa shape index (κ2) is 4.85. The van der Waals surface area contributed by atoms with Crippen LogP contribution in [0.15, 0.2) is 41.7 Å². The van der Waals surface area contributed by atoms with Crippen molar-refractivity contribution in [2.24, 2.45) is 5.11 Å². The first-order valence-electron chi connectivity index (χ1n) is 3.72. The van der Waals surface area contributed by atoms with E-state index in [1.54, 1.807) is 0 Å². The van der Waals surface area contributed by atoms with Crippen molar-refractivity contribution in [1.29, 1.82) is 0 Å². The molecule has 0 amide bonds. The van der Waals surface area contributed by atoms with Gasteiger partial charge in [-0.3, -0.25) is 0 Å². The number of azide groups is 1. The molecule has 4 heteroatoms. The predicted octanol–water partition coefficient (Wildman–Crippen LogP) is 2.94. The Balaban J connectivity index is 3.03. The fourth-order valence-electron chi connectivity index (χ4n) is 0.918. The highest BCUT2D eigenvalue weighted by Gasteiger charge is 1.96. The molecule has 66 valence electrons. The number of hydrogen-bond donors (Lipinski definition) is 0. The summed E-state index contributed by atoms with van der Waals surface area (Å²) in [6.45, 7) is 0. The largest absolute Gasteiger partial charge is 0.504 e. The van der Waals surface area contributed by atoms with Crippen LogP contribution in [0.5, 0.6) is 0 Å². The third kappa shape index (κ3) is 2.54. The second-order valence-electron chi connectivity index (χ2n) is 2.29. The molecule has 0 fully saturated rings. The second-order valence-corrected chi connectivity index (χ2v) is 2.29. The Kier molecular flexibility index (Phi) is 3.42. The Hall–Kier alpha value is -1.93. The average molecular weight is 175 g/mol. The van der Waals surface area contributed by atoms with Crippen LogP contribution in [0.1, 0.15) is 5.56 Å². The molecule has 0 unspecified atom stereocenters. The summed E-state index contributed by atoms with van der Waals surface area (Å²) in [6.07, 6.45) is 1.41. The van der Waals surface area contributed by atoms with Crippen LogP contribution >= 0.6 is 0 Å². The van der Waals surface area contributed by atoms with Gasteiger partial charge in [0, 0.05) is 4.91 Å². The van der Waals surface area contributed by atoms with Gasteiger partial charge in [0.25, 0.3) is 0 Å². The molecule has 0 aliphatic carbocycles. The Bertz CT molecular complexity index is 339. The molecule has 0 bridgehead atoms. The molecule has 0 atom stereocenters. The van der Waals surface area contributed by atoms with Crippen molar-refractivity contribution >= 4 is 5.70 Å². The molecule has 0 spiro atoms. The van der Waals surface area contributed by atoms with Crippen LogP contribution in [-0.4, -0.2) is 7.11 Å². The van der Waals surface area contributed by atoms with E-state index in [9.17, 15) is 0 Å². The fourth-order valence-corrected chi connectivity index (χ4v) is 0.918. The SMILES string of the molecule is CO/C=C(/N=[N+]=[N-])c1ccccc1. The molecule has 1 aromatic rings. The third-order valence-corrected chi connectivity index (χ3v) is 1.45. The lowest BCUT2D eigenvalue weighted by Crippen LogP contribution is -1.80. The highest BCUT2D eigenvalue weighted by molar-refractivity contribution is 5.63. The molecule has 0 aliphatic heterocycles. The lowest BCUT2D eigenvalue weighted by Gasteiger charge is -1.98. The van der Waals surface area contributed by atoms with Crippen LogP contribution in [0, 0.1) is 0 Å². The van der Waals surface area contributed by atoms with Crippen molar-refractivity contribution in [2.75, 3.05) is 7.11 Å². The van der Waals surface area contributed by atoms with E-state index in [-0.39, 0.29) is 0 Å². The van der Waals surface area contributed by atoms with Crippen molar-refractivity contribution in [3.63, 3.8) is 0 Å². The van der Waals surface area contributed by atoms with E-state index >= 15 is 0 Å². The van der Waals surface area contributed by atoms with E-state index in [1.807, 2.05) is 30.3 Å². The first-order chi connectivity index (χ1) is 6.38. The van der Waals surface area contributed by atoms with E-state index in [0.29, 0.717) is 5.70 Å². The standard InChI is InChI=1S/C9H9N3O/c1-13-7-9(11-12-10)8-5-3-2-4-6-8/h2-7H,1H3/b9-7+. The van der Waals surface area contributed by atoms with Crippen molar-refractivity contribution in [1.82, 2.24) is 0 Å². The number of hydrogen-bond acceptors (Lipinski definition) is 2. The minimum absolute atomic E-state index is 0.477. The van der Waals surface area contributed by atoms with Gasteiger partial charge in [-0.1, -0.05) is 35.4 Å². The molecule has 0 heterocycles. The van der Waals surface area contributed by atoms with E-state index in [0.717, 1.165) is 5.56 Å². The maximum Gasteiger partial charge on any atom is 0.0926 e. The molecule has 1 rings (SSSR count). The Morgan fingerprint density at radius 2 is 2.15 bits per heavy atom. The molecular weight excluding hydrogens is 166 g/mol. The summed E-state index contributed by atoms with van der Waals surface area (Å²) < 4.78 is 4.78. The summed E-state index contributed by atoms with van der Waals surface area (Å²) in [5.74, 6) is 0. The van der Waals surface area contributed by atoms with Gasteiger partial charge < -0.3 is 4.74 Å². The summed E-state index contributed by atoms with van der Waals surface area (Å²) in [5, 5.41) is 3.50. The number of ether oxygens (including phenoxy) is 1. The fraction of sp³-hybridized carbons (Fsp3) is 0.111. The van der Waals surface area contributed by atoms with Crippen LogP contribution in [0.2, 0.25) is 0 Å². The van der Waals surface area contributed by atoms with Gasteiger partial charge >= 0.3 is 0 Å². The summed E-state index contributed by atoms with van der Waals surface area (Å²) in [4.78, 5) is 2.71. The monoisotopic (exact) mass is 175 g/mol.